The van der Waals surface area contributed by atoms with Crippen LogP contribution in [0, 0.1) is 5.92 Å². The van der Waals surface area contributed by atoms with Crippen molar-refractivity contribution in [3.8, 4) is 0 Å². The molecule has 0 fully saturated rings. The third kappa shape index (κ3) is 4.89. The maximum Gasteiger partial charge on any atom is 0.255 e. The summed E-state index contributed by atoms with van der Waals surface area (Å²) < 4.78 is 24.3. The van der Waals surface area contributed by atoms with Gasteiger partial charge in [-0.3, -0.25) is 9.59 Å². The van der Waals surface area contributed by atoms with Crippen LogP contribution in [0.1, 0.15) is 23.7 Å². The molecule has 0 aliphatic heterocycles. The molecule has 0 aliphatic rings. The molecule has 0 aromatic heterocycles. The van der Waals surface area contributed by atoms with Gasteiger partial charge in [0, 0.05) is 30.0 Å². The molecule has 110 valence electrons. The SMILES string of the molecule is C[C@@H](CC(=O)N(C)CC(F)F)C(=O)c1ccc(Cl)cc1. The summed E-state index contributed by atoms with van der Waals surface area (Å²) in [6, 6.07) is 6.33. The van der Waals surface area contributed by atoms with Crippen LogP contribution in [0.15, 0.2) is 24.3 Å². The predicted molar refractivity (Wildman–Crippen MR) is 73.2 cm³/mol. The van der Waals surface area contributed by atoms with Gasteiger partial charge in [0.15, 0.2) is 5.78 Å². The summed E-state index contributed by atoms with van der Waals surface area (Å²) in [6.07, 6.45) is -2.67. The van der Waals surface area contributed by atoms with Crippen molar-refractivity contribution in [1.82, 2.24) is 4.90 Å². The van der Waals surface area contributed by atoms with E-state index in [4.69, 9.17) is 11.6 Å². The second-order valence-electron chi connectivity index (χ2n) is 4.64. The molecule has 1 aromatic carbocycles. The molecule has 0 spiro atoms. The Morgan fingerprint density at radius 1 is 1.25 bits per heavy atom. The molecule has 0 saturated carbocycles. The average Bonchev–Trinajstić information content (AvgIpc) is 2.37. The van der Waals surface area contributed by atoms with Gasteiger partial charge in [0.2, 0.25) is 5.91 Å². The molecular formula is C14H16ClF2NO2. The molecule has 0 aliphatic carbocycles. The van der Waals surface area contributed by atoms with Crippen molar-refractivity contribution in [3.05, 3.63) is 34.9 Å². The highest BCUT2D eigenvalue weighted by atomic mass is 35.5. The molecule has 0 heterocycles. The zero-order valence-electron chi connectivity index (χ0n) is 11.3. The first-order valence-corrected chi connectivity index (χ1v) is 6.51. The quantitative estimate of drug-likeness (QED) is 0.756. The number of benzene rings is 1. The fraction of sp³-hybridized carbons (Fsp3) is 0.429. The number of halogens is 3. The van der Waals surface area contributed by atoms with Crippen LogP contribution < -0.4 is 0 Å². The molecule has 20 heavy (non-hydrogen) atoms. The summed E-state index contributed by atoms with van der Waals surface area (Å²) >= 11 is 5.73. The lowest BCUT2D eigenvalue weighted by molar-refractivity contribution is -0.132. The summed E-state index contributed by atoms with van der Waals surface area (Å²) in [7, 11) is 1.30. The van der Waals surface area contributed by atoms with Gasteiger partial charge in [-0.15, -0.1) is 0 Å². The maximum absolute atomic E-state index is 12.2. The van der Waals surface area contributed by atoms with E-state index in [1.807, 2.05) is 0 Å². The van der Waals surface area contributed by atoms with E-state index in [9.17, 15) is 18.4 Å². The number of rotatable bonds is 6. The van der Waals surface area contributed by atoms with Gasteiger partial charge in [0.1, 0.15) is 0 Å². The summed E-state index contributed by atoms with van der Waals surface area (Å²) in [4.78, 5) is 24.7. The van der Waals surface area contributed by atoms with Gasteiger partial charge in [-0.1, -0.05) is 18.5 Å². The Labute approximate surface area is 121 Å². The lowest BCUT2D eigenvalue weighted by Crippen LogP contribution is -2.33. The minimum absolute atomic E-state index is 0.0926. The zero-order chi connectivity index (χ0) is 15.3. The van der Waals surface area contributed by atoms with E-state index in [0.717, 1.165) is 4.90 Å². The number of carbonyl (C=O) groups excluding carboxylic acids is 2. The van der Waals surface area contributed by atoms with E-state index in [0.29, 0.717) is 10.6 Å². The number of ketones is 1. The average molecular weight is 304 g/mol. The van der Waals surface area contributed by atoms with Crippen LogP contribution in [0.4, 0.5) is 8.78 Å². The summed E-state index contributed by atoms with van der Waals surface area (Å²) in [5.41, 5.74) is 0.450. The molecule has 1 rings (SSSR count). The highest BCUT2D eigenvalue weighted by molar-refractivity contribution is 6.30. The van der Waals surface area contributed by atoms with Gasteiger partial charge in [0.25, 0.3) is 6.43 Å². The molecule has 0 radical (unpaired) electrons. The molecule has 1 aromatic rings. The Hall–Kier alpha value is -1.49. The van der Waals surface area contributed by atoms with Crippen LogP contribution in [0.2, 0.25) is 5.02 Å². The molecule has 0 N–H and O–H groups in total. The monoisotopic (exact) mass is 303 g/mol. The van der Waals surface area contributed by atoms with Crippen LogP contribution in [0.3, 0.4) is 0 Å². The molecule has 1 atom stereocenters. The number of Topliss-reactive ketones (excluding diaryl/α,β-unsaturated/α-hetero) is 1. The van der Waals surface area contributed by atoms with Crippen LogP contribution in [-0.2, 0) is 4.79 Å². The van der Waals surface area contributed by atoms with Crippen molar-refractivity contribution in [1.29, 1.82) is 0 Å². The van der Waals surface area contributed by atoms with Crippen molar-refractivity contribution in [2.24, 2.45) is 5.92 Å². The largest absolute Gasteiger partial charge is 0.340 e. The van der Waals surface area contributed by atoms with Crippen LogP contribution in [0.5, 0.6) is 0 Å². The minimum atomic E-state index is -2.58. The van der Waals surface area contributed by atoms with Crippen LogP contribution in [0.25, 0.3) is 0 Å². The van der Waals surface area contributed by atoms with Gasteiger partial charge < -0.3 is 4.90 Å². The summed E-state index contributed by atoms with van der Waals surface area (Å²) in [6.45, 7) is 0.978. The molecule has 0 bridgehead atoms. The van der Waals surface area contributed by atoms with E-state index in [1.165, 1.54) is 7.05 Å². The highest BCUT2D eigenvalue weighted by Gasteiger charge is 2.21. The lowest BCUT2D eigenvalue weighted by atomic mass is 9.96. The molecule has 0 saturated heterocycles. The Bertz CT molecular complexity index is 477. The van der Waals surface area contributed by atoms with Crippen molar-refractivity contribution >= 4 is 23.3 Å². The Morgan fingerprint density at radius 2 is 1.80 bits per heavy atom. The highest BCUT2D eigenvalue weighted by Crippen LogP contribution is 2.16. The first-order valence-electron chi connectivity index (χ1n) is 6.13. The fourth-order valence-electron chi connectivity index (χ4n) is 1.72. The van der Waals surface area contributed by atoms with Crippen molar-refractivity contribution in [3.63, 3.8) is 0 Å². The summed E-state index contributed by atoms with van der Waals surface area (Å²) in [5, 5.41) is 0.516. The predicted octanol–water partition coefficient (Wildman–Crippen LogP) is 3.27. The van der Waals surface area contributed by atoms with Gasteiger partial charge in [0.05, 0.1) is 6.54 Å². The molecule has 0 unspecified atom stereocenters. The third-order valence-corrected chi connectivity index (χ3v) is 3.15. The molecule has 3 nitrogen and oxygen atoms in total. The molecule has 6 heteroatoms. The maximum atomic E-state index is 12.2. The molecular weight excluding hydrogens is 288 g/mol. The van der Waals surface area contributed by atoms with E-state index in [1.54, 1.807) is 31.2 Å². The normalized spacial score (nSPS) is 12.3. The summed E-state index contributed by atoms with van der Waals surface area (Å²) in [5.74, 6) is -1.25. The first kappa shape index (κ1) is 16.6. The van der Waals surface area contributed by atoms with E-state index in [2.05, 4.69) is 0 Å². The number of amides is 1. The van der Waals surface area contributed by atoms with Crippen molar-refractivity contribution in [2.75, 3.05) is 13.6 Å². The minimum Gasteiger partial charge on any atom is -0.340 e. The zero-order valence-corrected chi connectivity index (χ0v) is 12.0. The Balaban J connectivity index is 2.61. The first-order chi connectivity index (χ1) is 9.31. The number of hydrogen-bond donors (Lipinski definition) is 0. The number of hydrogen-bond acceptors (Lipinski definition) is 2. The number of carbonyl (C=O) groups is 2. The Kier molecular flexibility index (Phi) is 6.07. The Morgan fingerprint density at radius 3 is 2.30 bits per heavy atom. The second kappa shape index (κ2) is 7.33. The van der Waals surface area contributed by atoms with Crippen LogP contribution >= 0.6 is 11.6 Å². The third-order valence-electron chi connectivity index (χ3n) is 2.89. The van der Waals surface area contributed by atoms with Crippen LogP contribution in [-0.4, -0.2) is 36.6 Å². The van der Waals surface area contributed by atoms with E-state index >= 15 is 0 Å². The van der Waals surface area contributed by atoms with Crippen molar-refractivity contribution in [2.45, 2.75) is 19.8 Å². The van der Waals surface area contributed by atoms with Gasteiger partial charge in [-0.2, -0.15) is 0 Å². The van der Waals surface area contributed by atoms with E-state index < -0.39 is 24.8 Å². The number of alkyl halides is 2. The smallest absolute Gasteiger partial charge is 0.255 e. The van der Waals surface area contributed by atoms with E-state index in [-0.39, 0.29) is 12.2 Å². The van der Waals surface area contributed by atoms with Crippen molar-refractivity contribution < 1.29 is 18.4 Å². The van der Waals surface area contributed by atoms with Gasteiger partial charge >= 0.3 is 0 Å². The molecule has 1 amide bonds. The van der Waals surface area contributed by atoms with Gasteiger partial charge in [-0.25, -0.2) is 8.78 Å². The second-order valence-corrected chi connectivity index (χ2v) is 5.08. The topological polar surface area (TPSA) is 37.4 Å². The lowest BCUT2D eigenvalue weighted by Gasteiger charge is -2.18. The standard InChI is InChI=1S/C14H16ClF2NO2/c1-9(7-13(19)18(2)8-12(16)17)14(20)10-3-5-11(15)6-4-10/h3-6,9,12H,7-8H2,1-2H3/t9-/m0/s1. The fourth-order valence-corrected chi connectivity index (χ4v) is 1.84. The number of nitrogens with zero attached hydrogens (tertiary/aromatic N) is 1. The van der Waals surface area contributed by atoms with Gasteiger partial charge in [-0.05, 0) is 24.3 Å².